The Labute approximate surface area is 138 Å². The number of carbonyl (C=O) groups excluding carboxylic acids is 1. The summed E-state index contributed by atoms with van der Waals surface area (Å²) in [5.41, 5.74) is 2.67. The standard InChI is InChI=1S/C18H28N2O3/c1-12-13(2)16(17(21)19-14(12)3)18(22)20-10-6-5-8-15(20)9-7-11-23-4/h15H,5-11H2,1-4H3,(H,19,21). The number of likely N-dealkylation sites (tertiary alicyclic amines) is 1. The summed E-state index contributed by atoms with van der Waals surface area (Å²) in [6, 6.07) is 0.215. The SMILES string of the molecule is COCCCC1CCCCN1C(=O)c1c(C)c(C)c(C)[nH]c1=O. The Kier molecular flexibility index (Phi) is 5.99. The van der Waals surface area contributed by atoms with E-state index in [1.165, 1.54) is 0 Å². The Morgan fingerprint density at radius 3 is 2.70 bits per heavy atom. The van der Waals surface area contributed by atoms with Gasteiger partial charge in [0, 0.05) is 32.0 Å². The van der Waals surface area contributed by atoms with Crippen molar-refractivity contribution in [2.45, 2.75) is 58.9 Å². The summed E-state index contributed by atoms with van der Waals surface area (Å²) < 4.78 is 5.12. The molecule has 1 atom stereocenters. The molecule has 0 aliphatic carbocycles. The fourth-order valence-corrected chi connectivity index (χ4v) is 3.40. The molecule has 23 heavy (non-hydrogen) atoms. The lowest BCUT2D eigenvalue weighted by Gasteiger charge is -2.36. The van der Waals surface area contributed by atoms with Crippen molar-refractivity contribution in [3.05, 3.63) is 32.7 Å². The fraction of sp³-hybridized carbons (Fsp3) is 0.667. The molecule has 1 N–H and O–H groups in total. The van der Waals surface area contributed by atoms with E-state index in [-0.39, 0.29) is 17.5 Å². The van der Waals surface area contributed by atoms with Crippen LogP contribution in [0.3, 0.4) is 0 Å². The topological polar surface area (TPSA) is 62.4 Å². The molecule has 1 saturated heterocycles. The number of hydrogen-bond donors (Lipinski definition) is 1. The number of aryl methyl sites for hydroxylation is 1. The minimum atomic E-state index is -0.267. The number of methoxy groups -OCH3 is 1. The van der Waals surface area contributed by atoms with Crippen molar-refractivity contribution in [1.82, 2.24) is 9.88 Å². The zero-order valence-electron chi connectivity index (χ0n) is 14.7. The fourth-order valence-electron chi connectivity index (χ4n) is 3.40. The molecule has 1 aromatic heterocycles. The predicted molar refractivity (Wildman–Crippen MR) is 91.1 cm³/mol. The minimum Gasteiger partial charge on any atom is -0.385 e. The molecule has 0 bridgehead atoms. The molecule has 5 heteroatoms. The van der Waals surface area contributed by atoms with Crippen LogP contribution in [0.25, 0.3) is 0 Å². The lowest BCUT2D eigenvalue weighted by Crippen LogP contribution is -2.46. The maximum atomic E-state index is 13.0. The quantitative estimate of drug-likeness (QED) is 0.849. The first-order valence-electron chi connectivity index (χ1n) is 8.47. The molecule has 2 heterocycles. The zero-order valence-corrected chi connectivity index (χ0v) is 14.7. The van der Waals surface area contributed by atoms with Gasteiger partial charge in [-0.25, -0.2) is 0 Å². The second-order valence-corrected chi connectivity index (χ2v) is 6.49. The monoisotopic (exact) mass is 320 g/mol. The Balaban J connectivity index is 2.27. The third-order valence-corrected chi connectivity index (χ3v) is 5.02. The first-order chi connectivity index (χ1) is 11.0. The number of carbonyl (C=O) groups is 1. The first kappa shape index (κ1) is 17.7. The number of hydrogen-bond acceptors (Lipinski definition) is 3. The number of nitrogens with one attached hydrogen (secondary N) is 1. The average molecular weight is 320 g/mol. The number of nitrogens with zero attached hydrogens (tertiary/aromatic N) is 1. The lowest BCUT2D eigenvalue weighted by atomic mass is 9.95. The molecule has 1 unspecified atom stereocenters. The third kappa shape index (κ3) is 3.83. The molecule has 0 aromatic carbocycles. The van der Waals surface area contributed by atoms with E-state index in [1.807, 2.05) is 25.7 Å². The molecule has 0 saturated carbocycles. The second kappa shape index (κ2) is 7.77. The van der Waals surface area contributed by atoms with Crippen molar-refractivity contribution < 1.29 is 9.53 Å². The smallest absolute Gasteiger partial charge is 0.261 e. The largest absolute Gasteiger partial charge is 0.385 e. The summed E-state index contributed by atoms with van der Waals surface area (Å²) in [6.07, 6.45) is 5.03. The van der Waals surface area contributed by atoms with E-state index >= 15 is 0 Å². The number of ether oxygens (including phenoxy) is 1. The van der Waals surface area contributed by atoms with Crippen molar-refractivity contribution in [3.8, 4) is 0 Å². The van der Waals surface area contributed by atoms with E-state index in [4.69, 9.17) is 4.74 Å². The van der Waals surface area contributed by atoms with Crippen LogP contribution >= 0.6 is 0 Å². The Hall–Kier alpha value is -1.62. The number of aromatic amines is 1. The molecule has 1 aromatic rings. The summed E-state index contributed by atoms with van der Waals surface area (Å²) in [4.78, 5) is 30.1. The summed E-state index contributed by atoms with van der Waals surface area (Å²) in [6.45, 7) is 7.13. The van der Waals surface area contributed by atoms with E-state index < -0.39 is 0 Å². The van der Waals surface area contributed by atoms with E-state index in [1.54, 1.807) is 7.11 Å². The van der Waals surface area contributed by atoms with Crippen molar-refractivity contribution >= 4 is 5.91 Å². The molecule has 1 aliphatic rings. The van der Waals surface area contributed by atoms with Gasteiger partial charge < -0.3 is 14.6 Å². The maximum absolute atomic E-state index is 13.0. The van der Waals surface area contributed by atoms with Crippen molar-refractivity contribution in [2.75, 3.05) is 20.3 Å². The van der Waals surface area contributed by atoms with Gasteiger partial charge in [0.15, 0.2) is 0 Å². The van der Waals surface area contributed by atoms with Gasteiger partial charge in [0.1, 0.15) is 5.56 Å². The normalized spacial score (nSPS) is 18.3. The molecular formula is C18H28N2O3. The Morgan fingerprint density at radius 1 is 1.26 bits per heavy atom. The lowest BCUT2D eigenvalue weighted by molar-refractivity contribution is 0.0582. The summed E-state index contributed by atoms with van der Waals surface area (Å²) >= 11 is 0. The van der Waals surface area contributed by atoms with Crippen LogP contribution in [0.1, 0.15) is 59.3 Å². The second-order valence-electron chi connectivity index (χ2n) is 6.49. The van der Waals surface area contributed by atoms with Crippen LogP contribution in [0.15, 0.2) is 4.79 Å². The van der Waals surface area contributed by atoms with Gasteiger partial charge in [0.25, 0.3) is 11.5 Å². The van der Waals surface area contributed by atoms with Gasteiger partial charge in [-0.1, -0.05) is 0 Å². The van der Waals surface area contributed by atoms with E-state index in [0.29, 0.717) is 12.2 Å². The molecule has 0 radical (unpaired) electrons. The van der Waals surface area contributed by atoms with E-state index in [9.17, 15) is 9.59 Å². The average Bonchev–Trinajstić information content (AvgIpc) is 2.53. The molecule has 1 amide bonds. The number of pyridine rings is 1. The summed E-state index contributed by atoms with van der Waals surface area (Å²) in [5.74, 6) is -0.117. The maximum Gasteiger partial charge on any atom is 0.261 e. The van der Waals surface area contributed by atoms with E-state index in [0.717, 1.165) is 55.5 Å². The zero-order chi connectivity index (χ0) is 17.0. The highest BCUT2D eigenvalue weighted by Gasteiger charge is 2.30. The van der Waals surface area contributed by atoms with Gasteiger partial charge in [-0.15, -0.1) is 0 Å². The number of H-pyrrole nitrogens is 1. The number of aromatic nitrogens is 1. The highest BCUT2D eigenvalue weighted by molar-refractivity contribution is 5.95. The van der Waals surface area contributed by atoms with Gasteiger partial charge in [-0.3, -0.25) is 9.59 Å². The van der Waals surface area contributed by atoms with Crippen molar-refractivity contribution in [3.63, 3.8) is 0 Å². The van der Waals surface area contributed by atoms with Crippen LogP contribution in [0, 0.1) is 20.8 Å². The minimum absolute atomic E-state index is 0.117. The van der Waals surface area contributed by atoms with Crippen LogP contribution in [0.2, 0.25) is 0 Å². The van der Waals surface area contributed by atoms with Crippen LogP contribution in [-0.2, 0) is 4.74 Å². The van der Waals surface area contributed by atoms with Gasteiger partial charge in [0.2, 0.25) is 0 Å². The van der Waals surface area contributed by atoms with Gasteiger partial charge in [-0.05, 0) is 64.0 Å². The number of rotatable bonds is 5. The van der Waals surface area contributed by atoms with Crippen LogP contribution in [0.5, 0.6) is 0 Å². The van der Waals surface area contributed by atoms with Gasteiger partial charge >= 0.3 is 0 Å². The van der Waals surface area contributed by atoms with Crippen molar-refractivity contribution in [1.29, 1.82) is 0 Å². The molecule has 128 valence electrons. The predicted octanol–water partition coefficient (Wildman–Crippen LogP) is 2.72. The molecular weight excluding hydrogens is 292 g/mol. The van der Waals surface area contributed by atoms with Crippen LogP contribution in [-0.4, -0.2) is 42.1 Å². The highest BCUT2D eigenvalue weighted by atomic mass is 16.5. The summed E-state index contributed by atoms with van der Waals surface area (Å²) in [7, 11) is 1.70. The van der Waals surface area contributed by atoms with Gasteiger partial charge in [-0.2, -0.15) is 0 Å². The number of piperidine rings is 1. The molecule has 0 spiro atoms. The van der Waals surface area contributed by atoms with Crippen LogP contribution < -0.4 is 5.56 Å². The van der Waals surface area contributed by atoms with Crippen molar-refractivity contribution in [2.24, 2.45) is 0 Å². The molecule has 5 nitrogen and oxygen atoms in total. The van der Waals surface area contributed by atoms with Gasteiger partial charge in [0.05, 0.1) is 0 Å². The highest BCUT2D eigenvalue weighted by Crippen LogP contribution is 2.24. The number of amides is 1. The molecule has 2 rings (SSSR count). The summed E-state index contributed by atoms with van der Waals surface area (Å²) in [5, 5.41) is 0. The molecule has 1 fully saturated rings. The first-order valence-corrected chi connectivity index (χ1v) is 8.47. The van der Waals surface area contributed by atoms with Crippen LogP contribution in [0.4, 0.5) is 0 Å². The third-order valence-electron chi connectivity index (χ3n) is 5.02. The van der Waals surface area contributed by atoms with E-state index in [2.05, 4.69) is 4.98 Å². The Morgan fingerprint density at radius 2 is 2.00 bits per heavy atom. The molecule has 1 aliphatic heterocycles. The Bertz CT molecular complexity index is 621.